The average Bonchev–Trinajstić information content (AvgIpc) is 3.50. The van der Waals surface area contributed by atoms with Gasteiger partial charge in [0.1, 0.15) is 5.75 Å². The van der Waals surface area contributed by atoms with Crippen LogP contribution in [0, 0.1) is 11.8 Å². The standard InChI is InChI=1S/C24H31N3O3S/c1-17-9-11-27(12-10-17)21(22-6-3-13-31-22)15-25-23(28)16-30-20-5-2-4-19(14-20)26-24(29)18-7-8-18/h2-6,13-14,17-18,21H,7-12,15-16H2,1H3,(H,25,28)(H,26,29). The summed E-state index contributed by atoms with van der Waals surface area (Å²) in [6.07, 6.45) is 4.33. The number of benzene rings is 1. The van der Waals surface area contributed by atoms with Gasteiger partial charge in [-0.25, -0.2) is 0 Å². The van der Waals surface area contributed by atoms with Crippen LogP contribution in [0.2, 0.25) is 0 Å². The van der Waals surface area contributed by atoms with Gasteiger partial charge in [-0.15, -0.1) is 11.3 Å². The summed E-state index contributed by atoms with van der Waals surface area (Å²) in [6.45, 7) is 4.97. The van der Waals surface area contributed by atoms with Gasteiger partial charge in [-0.1, -0.05) is 19.1 Å². The highest BCUT2D eigenvalue weighted by Gasteiger charge is 2.29. The second kappa shape index (κ2) is 10.3. The minimum Gasteiger partial charge on any atom is -0.484 e. The summed E-state index contributed by atoms with van der Waals surface area (Å²) in [4.78, 5) is 28.2. The third-order valence-electron chi connectivity index (χ3n) is 6.04. The van der Waals surface area contributed by atoms with E-state index < -0.39 is 0 Å². The van der Waals surface area contributed by atoms with Crippen molar-refractivity contribution in [3.8, 4) is 5.75 Å². The summed E-state index contributed by atoms with van der Waals surface area (Å²) in [6, 6.07) is 11.6. The number of thiophene rings is 1. The number of carbonyl (C=O) groups excluding carboxylic acids is 2. The number of nitrogens with zero attached hydrogens (tertiary/aromatic N) is 1. The normalized spacial score (nSPS) is 18.4. The number of ether oxygens (including phenoxy) is 1. The fourth-order valence-electron chi connectivity index (χ4n) is 3.89. The highest BCUT2D eigenvalue weighted by molar-refractivity contribution is 7.10. The number of piperidine rings is 1. The number of hydrogen-bond acceptors (Lipinski definition) is 5. The van der Waals surface area contributed by atoms with Crippen LogP contribution in [0.25, 0.3) is 0 Å². The van der Waals surface area contributed by atoms with E-state index in [-0.39, 0.29) is 30.4 Å². The lowest BCUT2D eigenvalue weighted by Gasteiger charge is -2.36. The van der Waals surface area contributed by atoms with Crippen LogP contribution in [-0.2, 0) is 9.59 Å². The van der Waals surface area contributed by atoms with E-state index in [0.29, 0.717) is 18.0 Å². The Morgan fingerprint density at radius 1 is 1.16 bits per heavy atom. The topological polar surface area (TPSA) is 70.7 Å². The molecule has 6 nitrogen and oxygen atoms in total. The SMILES string of the molecule is CC1CCN(C(CNC(=O)COc2cccc(NC(=O)C3CC3)c2)c2cccs2)CC1. The van der Waals surface area contributed by atoms with Crippen LogP contribution in [0.15, 0.2) is 41.8 Å². The fraction of sp³-hybridized carbons (Fsp3) is 0.500. The van der Waals surface area contributed by atoms with Crippen molar-refractivity contribution in [3.63, 3.8) is 0 Å². The predicted molar refractivity (Wildman–Crippen MR) is 123 cm³/mol. The molecule has 0 bridgehead atoms. The van der Waals surface area contributed by atoms with Crippen molar-refractivity contribution in [1.29, 1.82) is 0 Å². The second-order valence-electron chi connectivity index (χ2n) is 8.63. The van der Waals surface area contributed by atoms with E-state index in [9.17, 15) is 9.59 Å². The molecule has 2 amide bonds. The quantitative estimate of drug-likeness (QED) is 0.616. The molecule has 2 heterocycles. The second-order valence-corrected chi connectivity index (χ2v) is 9.61. The molecule has 2 fully saturated rings. The number of anilines is 1. The van der Waals surface area contributed by atoms with E-state index in [4.69, 9.17) is 4.74 Å². The van der Waals surface area contributed by atoms with Crippen molar-refractivity contribution < 1.29 is 14.3 Å². The monoisotopic (exact) mass is 441 g/mol. The zero-order valence-corrected chi connectivity index (χ0v) is 18.8. The minimum atomic E-state index is -0.139. The lowest BCUT2D eigenvalue weighted by Crippen LogP contribution is -2.42. The van der Waals surface area contributed by atoms with Crippen molar-refractivity contribution in [1.82, 2.24) is 10.2 Å². The van der Waals surface area contributed by atoms with Gasteiger partial charge in [-0.3, -0.25) is 14.5 Å². The molecule has 1 aliphatic heterocycles. The summed E-state index contributed by atoms with van der Waals surface area (Å²) in [5, 5.41) is 8.05. The van der Waals surface area contributed by atoms with E-state index in [0.717, 1.165) is 31.8 Å². The summed E-state index contributed by atoms with van der Waals surface area (Å²) in [7, 11) is 0. The Morgan fingerprint density at radius 3 is 2.68 bits per heavy atom. The van der Waals surface area contributed by atoms with Crippen molar-refractivity contribution in [3.05, 3.63) is 46.7 Å². The third kappa shape index (κ3) is 6.31. The molecule has 1 atom stereocenters. The van der Waals surface area contributed by atoms with Crippen molar-refractivity contribution in [2.24, 2.45) is 11.8 Å². The molecular formula is C24H31N3O3S. The minimum absolute atomic E-state index is 0.0474. The molecule has 31 heavy (non-hydrogen) atoms. The maximum Gasteiger partial charge on any atom is 0.258 e. The summed E-state index contributed by atoms with van der Waals surface area (Å²) in [5.41, 5.74) is 0.701. The van der Waals surface area contributed by atoms with Crippen LogP contribution in [0.4, 0.5) is 5.69 Å². The van der Waals surface area contributed by atoms with E-state index in [1.165, 1.54) is 17.7 Å². The molecule has 1 aliphatic carbocycles. The summed E-state index contributed by atoms with van der Waals surface area (Å²) < 4.78 is 5.67. The highest BCUT2D eigenvalue weighted by atomic mass is 32.1. The molecule has 7 heteroatoms. The zero-order valence-electron chi connectivity index (χ0n) is 18.0. The van der Waals surface area contributed by atoms with Crippen LogP contribution in [0.1, 0.15) is 43.5 Å². The first kappa shape index (κ1) is 21.8. The molecule has 1 aromatic heterocycles. The van der Waals surface area contributed by atoms with Crippen LogP contribution < -0.4 is 15.4 Å². The van der Waals surface area contributed by atoms with Gasteiger partial charge in [0.15, 0.2) is 6.61 Å². The third-order valence-corrected chi connectivity index (χ3v) is 7.02. The molecule has 0 radical (unpaired) electrons. The number of nitrogens with one attached hydrogen (secondary N) is 2. The van der Waals surface area contributed by atoms with E-state index in [1.807, 2.05) is 12.1 Å². The molecule has 1 saturated carbocycles. The lowest BCUT2D eigenvalue weighted by molar-refractivity contribution is -0.123. The first-order chi connectivity index (χ1) is 15.1. The van der Waals surface area contributed by atoms with Gasteiger partial charge in [-0.2, -0.15) is 0 Å². The number of likely N-dealkylation sites (tertiary alicyclic amines) is 1. The Labute approximate surface area is 188 Å². The van der Waals surface area contributed by atoms with Gasteiger partial charge < -0.3 is 15.4 Å². The fourth-order valence-corrected chi connectivity index (χ4v) is 4.76. The lowest BCUT2D eigenvalue weighted by atomic mass is 9.97. The maximum absolute atomic E-state index is 12.5. The highest BCUT2D eigenvalue weighted by Crippen LogP contribution is 2.31. The Kier molecular flexibility index (Phi) is 7.25. The maximum atomic E-state index is 12.5. The van der Waals surface area contributed by atoms with Crippen LogP contribution in [-0.4, -0.2) is 43.0 Å². The van der Waals surface area contributed by atoms with Crippen LogP contribution in [0.5, 0.6) is 5.75 Å². The van der Waals surface area contributed by atoms with Crippen molar-refractivity contribution in [2.45, 2.75) is 38.6 Å². The Balaban J connectivity index is 1.27. The first-order valence-corrected chi connectivity index (χ1v) is 12.0. The molecule has 1 aromatic carbocycles. The van der Waals surface area contributed by atoms with Gasteiger partial charge >= 0.3 is 0 Å². The molecule has 0 spiro atoms. The molecule has 1 saturated heterocycles. The van der Waals surface area contributed by atoms with Gasteiger partial charge in [0.25, 0.3) is 5.91 Å². The van der Waals surface area contributed by atoms with Crippen LogP contribution in [0.3, 0.4) is 0 Å². The molecule has 2 aliphatic rings. The summed E-state index contributed by atoms with van der Waals surface area (Å²) in [5.74, 6) is 1.41. The van der Waals surface area contributed by atoms with Gasteiger partial charge in [-0.05, 0) is 68.3 Å². The summed E-state index contributed by atoms with van der Waals surface area (Å²) >= 11 is 1.74. The number of carbonyl (C=O) groups is 2. The smallest absolute Gasteiger partial charge is 0.258 e. The van der Waals surface area contributed by atoms with E-state index in [1.54, 1.807) is 23.5 Å². The molecule has 1 unspecified atom stereocenters. The van der Waals surface area contributed by atoms with E-state index >= 15 is 0 Å². The molecular weight excluding hydrogens is 410 g/mol. The number of amides is 2. The van der Waals surface area contributed by atoms with Crippen molar-refractivity contribution in [2.75, 3.05) is 31.6 Å². The number of rotatable bonds is 9. The predicted octanol–water partition coefficient (Wildman–Crippen LogP) is 4.06. The van der Waals surface area contributed by atoms with Gasteiger partial charge in [0.2, 0.25) is 5.91 Å². The molecule has 2 N–H and O–H groups in total. The zero-order chi connectivity index (χ0) is 21.6. The Bertz CT molecular complexity index is 874. The largest absolute Gasteiger partial charge is 0.484 e. The Morgan fingerprint density at radius 2 is 1.97 bits per heavy atom. The molecule has 4 rings (SSSR count). The Hall–Kier alpha value is -2.38. The van der Waals surface area contributed by atoms with E-state index in [2.05, 4.69) is 40.0 Å². The van der Waals surface area contributed by atoms with Crippen molar-refractivity contribution >= 4 is 28.8 Å². The van der Waals surface area contributed by atoms with Crippen LogP contribution >= 0.6 is 11.3 Å². The van der Waals surface area contributed by atoms with Gasteiger partial charge in [0, 0.05) is 29.1 Å². The molecule has 166 valence electrons. The average molecular weight is 442 g/mol. The number of hydrogen-bond donors (Lipinski definition) is 2. The van der Waals surface area contributed by atoms with Gasteiger partial charge in [0.05, 0.1) is 6.04 Å². The first-order valence-electron chi connectivity index (χ1n) is 11.2. The molecule has 2 aromatic rings.